The number of likely N-dealkylation sites (tertiary alicyclic amines) is 1. The molecule has 1 heterocycles. The van der Waals surface area contributed by atoms with Crippen LogP contribution in [0.4, 0.5) is 0 Å². The molecule has 0 aromatic heterocycles. The number of amides is 1. The summed E-state index contributed by atoms with van der Waals surface area (Å²) >= 11 is 0. The lowest BCUT2D eigenvalue weighted by Crippen LogP contribution is -2.50. The molecule has 2 N–H and O–H groups in total. The maximum Gasteiger partial charge on any atom is 0.240 e. The van der Waals surface area contributed by atoms with Gasteiger partial charge in [-0.25, -0.2) is 13.1 Å². The summed E-state index contributed by atoms with van der Waals surface area (Å²) in [6.45, 7) is 8.33. The molecule has 0 radical (unpaired) electrons. The number of hydrogen-bond acceptors (Lipinski definition) is 4. The predicted molar refractivity (Wildman–Crippen MR) is 123 cm³/mol. The van der Waals surface area contributed by atoms with Crippen LogP contribution in [0, 0.1) is 19.8 Å². The van der Waals surface area contributed by atoms with Crippen LogP contribution < -0.4 is 10.0 Å². The van der Waals surface area contributed by atoms with Gasteiger partial charge in [0.25, 0.3) is 0 Å². The third kappa shape index (κ3) is 6.63. The van der Waals surface area contributed by atoms with Gasteiger partial charge in [-0.1, -0.05) is 47.5 Å². The molecule has 2 aromatic rings. The highest BCUT2D eigenvalue weighted by molar-refractivity contribution is 7.89. The Balaban J connectivity index is 1.50. The van der Waals surface area contributed by atoms with Crippen molar-refractivity contribution in [2.45, 2.75) is 51.1 Å². The summed E-state index contributed by atoms with van der Waals surface area (Å²) in [5.41, 5.74) is 3.30. The average molecular weight is 444 g/mol. The molecule has 1 amide bonds. The zero-order valence-corrected chi connectivity index (χ0v) is 19.4. The first-order valence-corrected chi connectivity index (χ1v) is 12.4. The number of rotatable bonds is 8. The van der Waals surface area contributed by atoms with E-state index in [1.165, 1.54) is 5.56 Å². The number of benzene rings is 2. The van der Waals surface area contributed by atoms with Gasteiger partial charge in [0, 0.05) is 19.6 Å². The average Bonchev–Trinajstić information content (AvgIpc) is 2.77. The maximum absolute atomic E-state index is 12.7. The molecule has 2 atom stereocenters. The Labute approximate surface area is 186 Å². The number of nitrogens with zero attached hydrogens (tertiary/aromatic N) is 1. The summed E-state index contributed by atoms with van der Waals surface area (Å²) in [6, 6.07) is 14.7. The summed E-state index contributed by atoms with van der Waals surface area (Å²) in [4.78, 5) is 15.1. The lowest BCUT2D eigenvalue weighted by atomic mass is 9.97. The lowest BCUT2D eigenvalue weighted by Gasteiger charge is -2.36. The third-order valence-corrected chi connectivity index (χ3v) is 7.40. The van der Waals surface area contributed by atoms with Crippen molar-refractivity contribution in [1.29, 1.82) is 0 Å². The first-order chi connectivity index (χ1) is 14.7. The molecule has 7 heteroatoms. The topological polar surface area (TPSA) is 78.5 Å². The normalized spacial score (nSPS) is 18.5. The van der Waals surface area contributed by atoms with Crippen LogP contribution >= 0.6 is 0 Å². The highest BCUT2D eigenvalue weighted by atomic mass is 32.2. The van der Waals surface area contributed by atoms with Crippen molar-refractivity contribution in [3.8, 4) is 0 Å². The van der Waals surface area contributed by atoms with Gasteiger partial charge in [0.05, 0.1) is 10.9 Å². The summed E-state index contributed by atoms with van der Waals surface area (Å²) in [7, 11) is -3.52. The Hall–Kier alpha value is -2.22. The lowest BCUT2D eigenvalue weighted by molar-refractivity contribution is -0.126. The van der Waals surface area contributed by atoms with E-state index >= 15 is 0 Å². The van der Waals surface area contributed by atoms with Crippen molar-refractivity contribution >= 4 is 15.9 Å². The van der Waals surface area contributed by atoms with Crippen LogP contribution in [0.3, 0.4) is 0 Å². The zero-order chi connectivity index (χ0) is 22.4. The molecule has 0 bridgehead atoms. The van der Waals surface area contributed by atoms with Crippen LogP contribution in [0.1, 0.15) is 36.5 Å². The highest BCUT2D eigenvalue weighted by Gasteiger charge is 2.28. The van der Waals surface area contributed by atoms with Crippen LogP contribution in [-0.4, -0.2) is 44.9 Å². The summed E-state index contributed by atoms with van der Waals surface area (Å²) in [5.74, 6) is 0.183. The molecule has 1 fully saturated rings. The van der Waals surface area contributed by atoms with Crippen LogP contribution in [0.25, 0.3) is 0 Å². The van der Waals surface area contributed by atoms with E-state index < -0.39 is 10.0 Å². The van der Waals surface area contributed by atoms with Crippen molar-refractivity contribution in [3.63, 3.8) is 0 Å². The maximum atomic E-state index is 12.7. The molecule has 1 aliphatic rings. The van der Waals surface area contributed by atoms with Crippen molar-refractivity contribution in [2.75, 3.05) is 19.6 Å². The first kappa shape index (κ1) is 23.4. The number of nitrogens with one attached hydrogen (secondary N) is 2. The molecule has 0 aliphatic carbocycles. The van der Waals surface area contributed by atoms with E-state index in [0.29, 0.717) is 19.6 Å². The van der Waals surface area contributed by atoms with Gasteiger partial charge in [-0.05, 0) is 63.8 Å². The monoisotopic (exact) mass is 443 g/mol. The van der Waals surface area contributed by atoms with Gasteiger partial charge in [0.2, 0.25) is 15.9 Å². The molecule has 168 valence electrons. The van der Waals surface area contributed by atoms with Crippen LogP contribution in [0.15, 0.2) is 53.4 Å². The minimum Gasteiger partial charge on any atom is -0.351 e. The van der Waals surface area contributed by atoms with E-state index in [-0.39, 0.29) is 22.8 Å². The van der Waals surface area contributed by atoms with Crippen molar-refractivity contribution in [2.24, 2.45) is 5.92 Å². The number of aryl methyl sites for hydroxylation is 2. The van der Waals surface area contributed by atoms with E-state index in [1.54, 1.807) is 24.3 Å². The van der Waals surface area contributed by atoms with Gasteiger partial charge in [-0.3, -0.25) is 9.69 Å². The van der Waals surface area contributed by atoms with E-state index in [4.69, 9.17) is 0 Å². The fourth-order valence-electron chi connectivity index (χ4n) is 3.85. The third-order valence-electron chi connectivity index (χ3n) is 5.96. The molecule has 2 unspecified atom stereocenters. The zero-order valence-electron chi connectivity index (χ0n) is 18.6. The van der Waals surface area contributed by atoms with Gasteiger partial charge >= 0.3 is 0 Å². The second kappa shape index (κ2) is 10.4. The van der Waals surface area contributed by atoms with E-state index in [9.17, 15) is 13.2 Å². The molecule has 31 heavy (non-hydrogen) atoms. The number of carbonyl (C=O) groups excluding carboxylic acids is 1. The summed E-state index contributed by atoms with van der Waals surface area (Å²) in [6.07, 6.45) is 1.90. The molecule has 1 saturated heterocycles. The summed E-state index contributed by atoms with van der Waals surface area (Å²) in [5, 5.41) is 3.02. The van der Waals surface area contributed by atoms with Crippen LogP contribution in [0.5, 0.6) is 0 Å². The number of hydrogen-bond donors (Lipinski definition) is 2. The van der Waals surface area contributed by atoms with Crippen molar-refractivity contribution in [3.05, 3.63) is 65.2 Å². The minimum absolute atomic E-state index is 0.00135. The van der Waals surface area contributed by atoms with Crippen molar-refractivity contribution < 1.29 is 13.2 Å². The first-order valence-electron chi connectivity index (χ1n) is 10.9. The predicted octanol–water partition coefficient (Wildman–Crippen LogP) is 3.00. The van der Waals surface area contributed by atoms with Crippen molar-refractivity contribution in [1.82, 2.24) is 14.9 Å². The Morgan fingerprint density at radius 1 is 1.06 bits per heavy atom. The molecule has 1 aliphatic heterocycles. The molecule has 6 nitrogen and oxygen atoms in total. The Morgan fingerprint density at radius 3 is 2.32 bits per heavy atom. The largest absolute Gasteiger partial charge is 0.351 e. The van der Waals surface area contributed by atoms with Gasteiger partial charge < -0.3 is 5.32 Å². The Bertz CT molecular complexity index is 972. The minimum atomic E-state index is -3.52. The molecular weight excluding hydrogens is 410 g/mol. The van der Waals surface area contributed by atoms with E-state index in [0.717, 1.165) is 30.5 Å². The van der Waals surface area contributed by atoms with Gasteiger partial charge in [0.15, 0.2) is 0 Å². The van der Waals surface area contributed by atoms with Gasteiger partial charge in [-0.2, -0.15) is 0 Å². The number of piperidine rings is 1. The number of carbonyl (C=O) groups is 1. The molecule has 0 spiro atoms. The quantitative estimate of drug-likeness (QED) is 0.657. The second-order valence-corrected chi connectivity index (χ2v) is 10.3. The van der Waals surface area contributed by atoms with Crippen LogP contribution in [0.2, 0.25) is 0 Å². The van der Waals surface area contributed by atoms with E-state index in [1.807, 2.05) is 45.0 Å². The van der Waals surface area contributed by atoms with Gasteiger partial charge in [-0.15, -0.1) is 0 Å². The fraction of sp³-hybridized carbons (Fsp3) is 0.458. The smallest absolute Gasteiger partial charge is 0.240 e. The molecule has 3 rings (SSSR count). The van der Waals surface area contributed by atoms with Crippen LogP contribution in [-0.2, 0) is 21.4 Å². The Morgan fingerprint density at radius 2 is 1.68 bits per heavy atom. The Kier molecular flexibility index (Phi) is 7.86. The highest BCUT2D eigenvalue weighted by Crippen LogP contribution is 2.19. The number of sulfonamides is 1. The summed E-state index contributed by atoms with van der Waals surface area (Å²) < 4.78 is 27.9. The molecule has 0 saturated carbocycles. The second-order valence-electron chi connectivity index (χ2n) is 8.55. The molecular formula is C24H33N3O3S. The molecule has 2 aromatic carbocycles. The standard InChI is InChI=1S/C24H33N3O3S/c1-18-6-10-21(11-7-18)15-25-24(28)20(3)27-14-4-5-22(17-27)16-26-31(29,30)23-12-8-19(2)9-13-23/h6-13,20,22,26H,4-5,14-17H2,1-3H3,(H,25,28). The fourth-order valence-corrected chi connectivity index (χ4v) is 4.97. The SMILES string of the molecule is Cc1ccc(CNC(=O)C(C)N2CCCC(CNS(=O)(=O)c3ccc(C)cc3)C2)cc1. The van der Waals surface area contributed by atoms with E-state index in [2.05, 4.69) is 14.9 Å². The van der Waals surface area contributed by atoms with Gasteiger partial charge in [0.1, 0.15) is 0 Å².